The highest BCUT2D eigenvalue weighted by Crippen LogP contribution is 2.42. The van der Waals surface area contributed by atoms with Crippen molar-refractivity contribution in [2.24, 2.45) is 5.92 Å². The van der Waals surface area contributed by atoms with Crippen LogP contribution in [0.15, 0.2) is 0 Å². The summed E-state index contributed by atoms with van der Waals surface area (Å²) < 4.78 is 17.3. The zero-order valence-electron chi connectivity index (χ0n) is 12.2. The lowest BCUT2D eigenvalue weighted by Crippen LogP contribution is -2.53. The fraction of sp³-hybridized carbons (Fsp3) is 1.00. The Bertz CT molecular complexity index is 292. The van der Waals surface area contributed by atoms with E-state index >= 15 is 0 Å². The van der Waals surface area contributed by atoms with Crippen LogP contribution in [-0.2, 0) is 14.0 Å². The summed E-state index contributed by atoms with van der Waals surface area (Å²) in [6.07, 6.45) is 1.72. The maximum Gasteiger partial charge on any atom is 0.492 e. The van der Waals surface area contributed by atoms with E-state index in [1.54, 1.807) is 0 Å². The fourth-order valence-electron chi connectivity index (χ4n) is 2.56. The molecule has 18 heavy (non-hydrogen) atoms. The monoisotopic (exact) mass is 256 g/mol. The molecular formula is C13H25BO4. The van der Waals surface area contributed by atoms with Crippen molar-refractivity contribution >= 4 is 7.12 Å². The van der Waals surface area contributed by atoms with Crippen molar-refractivity contribution in [2.75, 3.05) is 13.2 Å². The molecule has 0 radical (unpaired) electrons. The van der Waals surface area contributed by atoms with Crippen LogP contribution in [0.2, 0.25) is 0 Å². The lowest BCUT2D eigenvalue weighted by molar-refractivity contribution is -0.0269. The molecule has 2 fully saturated rings. The van der Waals surface area contributed by atoms with Crippen LogP contribution in [0, 0.1) is 5.92 Å². The van der Waals surface area contributed by atoms with Crippen molar-refractivity contribution in [2.45, 2.75) is 64.2 Å². The van der Waals surface area contributed by atoms with Crippen molar-refractivity contribution in [1.29, 1.82) is 0 Å². The maximum atomic E-state index is 10.8. The summed E-state index contributed by atoms with van der Waals surface area (Å²) in [4.78, 5) is 0. The third kappa shape index (κ3) is 2.33. The number of aliphatic hydroxyl groups is 1. The Morgan fingerprint density at radius 2 is 1.50 bits per heavy atom. The van der Waals surface area contributed by atoms with Gasteiger partial charge in [0.2, 0.25) is 0 Å². The molecule has 1 N–H and O–H groups in total. The second kappa shape index (κ2) is 4.48. The Hall–Kier alpha value is -0.0951. The van der Waals surface area contributed by atoms with Gasteiger partial charge >= 0.3 is 7.12 Å². The quantitative estimate of drug-likeness (QED) is 0.765. The van der Waals surface area contributed by atoms with Gasteiger partial charge in [0.15, 0.2) is 0 Å². The molecule has 0 aromatic heterocycles. The van der Waals surface area contributed by atoms with Gasteiger partial charge in [-0.2, -0.15) is 0 Å². The largest absolute Gasteiger partial charge is 0.492 e. The van der Waals surface area contributed by atoms with E-state index in [0.717, 1.165) is 12.8 Å². The summed E-state index contributed by atoms with van der Waals surface area (Å²) in [5.41, 5.74) is -1.76. The van der Waals surface area contributed by atoms with E-state index < -0.39 is 23.8 Å². The molecule has 2 aliphatic heterocycles. The van der Waals surface area contributed by atoms with Gasteiger partial charge in [0, 0.05) is 13.2 Å². The standard InChI is InChI=1S/C13H25BO4/c1-11(2)12(3,4)18-14(17-11)13(5,15)10-6-8-16-9-7-10/h10,15H,6-9H2,1-5H3/t13-/m0/s1. The van der Waals surface area contributed by atoms with Crippen LogP contribution in [0.1, 0.15) is 47.5 Å². The molecule has 0 amide bonds. The highest BCUT2D eigenvalue weighted by molar-refractivity contribution is 6.49. The third-order valence-corrected chi connectivity index (χ3v) is 4.78. The predicted octanol–water partition coefficient (Wildman–Crippen LogP) is 1.80. The Labute approximate surface area is 110 Å². The van der Waals surface area contributed by atoms with E-state index in [-0.39, 0.29) is 5.92 Å². The van der Waals surface area contributed by atoms with Crippen LogP contribution >= 0.6 is 0 Å². The third-order valence-electron chi connectivity index (χ3n) is 4.78. The first kappa shape index (κ1) is 14.3. The van der Waals surface area contributed by atoms with Gasteiger partial charge in [0.25, 0.3) is 0 Å². The zero-order chi connectivity index (χ0) is 13.6. The molecule has 0 aromatic rings. The summed E-state index contributed by atoms with van der Waals surface area (Å²) in [6.45, 7) is 11.3. The van der Waals surface area contributed by atoms with Gasteiger partial charge in [-0.1, -0.05) is 0 Å². The SMILES string of the molecule is CC1(C)OB([C@@](C)(O)C2CCOCC2)OC1(C)C. The average molecular weight is 256 g/mol. The Balaban J connectivity index is 2.12. The van der Waals surface area contributed by atoms with Gasteiger partial charge in [-0.15, -0.1) is 0 Å². The molecule has 2 rings (SSSR count). The summed E-state index contributed by atoms with van der Waals surface area (Å²) >= 11 is 0. The smallest absolute Gasteiger partial charge is 0.401 e. The normalized spacial score (nSPS) is 31.3. The topological polar surface area (TPSA) is 47.9 Å². The molecule has 0 spiro atoms. The molecular weight excluding hydrogens is 231 g/mol. The van der Waals surface area contributed by atoms with Gasteiger partial charge in [-0.3, -0.25) is 0 Å². The van der Waals surface area contributed by atoms with Gasteiger partial charge in [0.05, 0.1) is 11.2 Å². The van der Waals surface area contributed by atoms with Crippen LogP contribution in [0.25, 0.3) is 0 Å². The first-order chi connectivity index (χ1) is 8.17. The van der Waals surface area contributed by atoms with Crippen molar-refractivity contribution in [1.82, 2.24) is 0 Å². The maximum absolute atomic E-state index is 10.8. The van der Waals surface area contributed by atoms with E-state index in [1.165, 1.54) is 0 Å². The van der Waals surface area contributed by atoms with Crippen molar-refractivity contribution in [3.63, 3.8) is 0 Å². The van der Waals surface area contributed by atoms with Crippen molar-refractivity contribution in [3.05, 3.63) is 0 Å². The van der Waals surface area contributed by atoms with Gasteiger partial charge in [-0.05, 0) is 53.4 Å². The highest BCUT2D eigenvalue weighted by atomic mass is 16.7. The molecule has 0 bridgehead atoms. The molecule has 0 saturated carbocycles. The molecule has 2 saturated heterocycles. The van der Waals surface area contributed by atoms with E-state index in [4.69, 9.17) is 14.0 Å². The second-order valence-electron chi connectivity index (χ2n) is 6.70. The molecule has 0 unspecified atom stereocenters. The molecule has 2 aliphatic rings. The first-order valence-electron chi connectivity index (χ1n) is 6.82. The summed E-state index contributed by atoms with van der Waals surface area (Å²) in [5, 5.41) is 10.8. The summed E-state index contributed by atoms with van der Waals surface area (Å²) in [7, 11) is -0.564. The fourth-order valence-corrected chi connectivity index (χ4v) is 2.56. The molecule has 0 aliphatic carbocycles. The van der Waals surface area contributed by atoms with Crippen LogP contribution in [-0.4, -0.2) is 42.1 Å². The molecule has 2 heterocycles. The molecule has 1 atom stereocenters. The Morgan fingerprint density at radius 3 is 1.94 bits per heavy atom. The Morgan fingerprint density at radius 1 is 1.06 bits per heavy atom. The summed E-state index contributed by atoms with van der Waals surface area (Å²) in [6, 6.07) is 0. The zero-order valence-corrected chi connectivity index (χ0v) is 12.2. The van der Waals surface area contributed by atoms with Crippen molar-refractivity contribution < 1.29 is 19.2 Å². The van der Waals surface area contributed by atoms with E-state index in [1.807, 2.05) is 34.6 Å². The lowest BCUT2D eigenvalue weighted by atomic mass is 9.59. The van der Waals surface area contributed by atoms with Gasteiger partial charge in [-0.25, -0.2) is 0 Å². The number of hydrogen-bond donors (Lipinski definition) is 1. The van der Waals surface area contributed by atoms with Crippen LogP contribution in [0.4, 0.5) is 0 Å². The van der Waals surface area contributed by atoms with Gasteiger partial charge in [0.1, 0.15) is 5.50 Å². The highest BCUT2D eigenvalue weighted by Gasteiger charge is 2.59. The molecule has 0 aromatic carbocycles. The van der Waals surface area contributed by atoms with Crippen LogP contribution in [0.3, 0.4) is 0 Å². The second-order valence-corrected chi connectivity index (χ2v) is 6.70. The number of rotatable bonds is 2. The average Bonchev–Trinajstić information content (AvgIpc) is 2.50. The minimum absolute atomic E-state index is 0.168. The molecule has 104 valence electrons. The lowest BCUT2D eigenvalue weighted by Gasteiger charge is -2.36. The minimum atomic E-state index is -0.963. The minimum Gasteiger partial charge on any atom is -0.401 e. The number of hydrogen-bond acceptors (Lipinski definition) is 4. The van der Waals surface area contributed by atoms with E-state index in [0.29, 0.717) is 13.2 Å². The van der Waals surface area contributed by atoms with Gasteiger partial charge < -0.3 is 19.2 Å². The Kier molecular flexibility index (Phi) is 3.56. The van der Waals surface area contributed by atoms with Crippen LogP contribution < -0.4 is 0 Å². The predicted molar refractivity (Wildman–Crippen MR) is 70.2 cm³/mol. The summed E-state index contributed by atoms with van der Waals surface area (Å²) in [5.74, 6) is 0.168. The molecule has 4 nitrogen and oxygen atoms in total. The van der Waals surface area contributed by atoms with E-state index in [9.17, 15) is 5.11 Å². The first-order valence-corrected chi connectivity index (χ1v) is 6.82. The van der Waals surface area contributed by atoms with Crippen LogP contribution in [0.5, 0.6) is 0 Å². The van der Waals surface area contributed by atoms with E-state index in [2.05, 4.69) is 0 Å². The molecule has 5 heteroatoms. The van der Waals surface area contributed by atoms with Crippen molar-refractivity contribution in [3.8, 4) is 0 Å². The number of ether oxygens (including phenoxy) is 1.